The van der Waals surface area contributed by atoms with E-state index in [0.717, 1.165) is 0 Å². The van der Waals surface area contributed by atoms with Gasteiger partial charge in [0.05, 0.1) is 0 Å². The first kappa shape index (κ1) is 17.1. The van der Waals surface area contributed by atoms with Crippen LogP contribution in [-0.2, 0) is 5.41 Å². The SMILES string of the molecule is CCCCCC1(CCCCC)c2ccccc2Nc2ccccc21. The van der Waals surface area contributed by atoms with Crippen molar-refractivity contribution in [3.8, 4) is 0 Å². The van der Waals surface area contributed by atoms with E-state index in [-0.39, 0.29) is 5.41 Å². The average Bonchev–Trinajstić information content (AvgIpc) is 2.62. The van der Waals surface area contributed by atoms with Gasteiger partial charge in [-0.3, -0.25) is 0 Å². The zero-order valence-corrected chi connectivity index (χ0v) is 15.3. The minimum absolute atomic E-state index is 0.183. The number of nitrogens with one attached hydrogen (secondary N) is 1. The Morgan fingerprint density at radius 2 is 1.12 bits per heavy atom. The maximum absolute atomic E-state index is 3.68. The summed E-state index contributed by atoms with van der Waals surface area (Å²) in [5.74, 6) is 0. The molecule has 1 aliphatic rings. The minimum atomic E-state index is 0.183. The Labute approximate surface area is 147 Å². The molecule has 0 atom stereocenters. The summed E-state index contributed by atoms with van der Waals surface area (Å²) in [6.45, 7) is 4.60. The first-order valence-corrected chi connectivity index (χ1v) is 9.78. The summed E-state index contributed by atoms with van der Waals surface area (Å²) in [4.78, 5) is 0. The second-order valence-corrected chi connectivity index (χ2v) is 7.21. The minimum Gasteiger partial charge on any atom is -0.355 e. The van der Waals surface area contributed by atoms with Gasteiger partial charge in [0.15, 0.2) is 0 Å². The van der Waals surface area contributed by atoms with Gasteiger partial charge in [-0.25, -0.2) is 0 Å². The van der Waals surface area contributed by atoms with Crippen LogP contribution in [0.4, 0.5) is 11.4 Å². The standard InChI is InChI=1S/C23H31N/c1-3-5-11-17-23(18-12-6-4-2)19-13-7-9-15-21(19)24-22-16-10-8-14-20(22)23/h7-10,13-16,24H,3-6,11-12,17-18H2,1-2H3. The molecule has 0 aromatic heterocycles. The van der Waals surface area contributed by atoms with Crippen LogP contribution in [0.5, 0.6) is 0 Å². The number of hydrogen-bond donors (Lipinski definition) is 1. The summed E-state index contributed by atoms with van der Waals surface area (Å²) >= 11 is 0. The number of fused-ring (bicyclic) bond motifs is 2. The third-order valence-electron chi connectivity index (χ3n) is 5.57. The van der Waals surface area contributed by atoms with Gasteiger partial charge in [0, 0.05) is 16.8 Å². The molecule has 1 N–H and O–H groups in total. The van der Waals surface area contributed by atoms with Crippen LogP contribution in [-0.4, -0.2) is 0 Å². The van der Waals surface area contributed by atoms with Crippen LogP contribution in [0.25, 0.3) is 0 Å². The van der Waals surface area contributed by atoms with Crippen LogP contribution in [0.1, 0.15) is 76.3 Å². The number of rotatable bonds is 8. The van der Waals surface area contributed by atoms with Crippen molar-refractivity contribution in [1.82, 2.24) is 0 Å². The first-order chi connectivity index (χ1) is 11.8. The van der Waals surface area contributed by atoms with E-state index in [9.17, 15) is 0 Å². The van der Waals surface area contributed by atoms with Crippen molar-refractivity contribution in [3.05, 3.63) is 59.7 Å². The maximum Gasteiger partial charge on any atom is 0.0426 e. The lowest BCUT2D eigenvalue weighted by molar-refractivity contribution is 0.396. The zero-order valence-electron chi connectivity index (χ0n) is 15.3. The molecule has 0 aliphatic carbocycles. The highest BCUT2D eigenvalue weighted by Gasteiger charge is 2.39. The van der Waals surface area contributed by atoms with Gasteiger partial charge in [-0.2, -0.15) is 0 Å². The summed E-state index contributed by atoms with van der Waals surface area (Å²) in [6, 6.07) is 17.9. The molecule has 1 aliphatic heterocycles. The molecule has 2 aromatic carbocycles. The van der Waals surface area contributed by atoms with Crippen molar-refractivity contribution in [2.24, 2.45) is 0 Å². The summed E-state index contributed by atoms with van der Waals surface area (Å²) in [5, 5.41) is 3.68. The number of hydrogen-bond acceptors (Lipinski definition) is 1. The molecule has 0 saturated heterocycles. The van der Waals surface area contributed by atoms with Gasteiger partial charge < -0.3 is 5.32 Å². The molecule has 0 spiro atoms. The van der Waals surface area contributed by atoms with Crippen molar-refractivity contribution in [2.75, 3.05) is 5.32 Å². The van der Waals surface area contributed by atoms with E-state index in [4.69, 9.17) is 0 Å². The highest BCUT2D eigenvalue weighted by atomic mass is 14.9. The van der Waals surface area contributed by atoms with Crippen LogP contribution in [0.15, 0.2) is 48.5 Å². The zero-order chi connectivity index (χ0) is 16.8. The Balaban J connectivity index is 2.06. The highest BCUT2D eigenvalue weighted by molar-refractivity contribution is 5.75. The van der Waals surface area contributed by atoms with Gasteiger partial charge in [-0.1, -0.05) is 88.8 Å². The Morgan fingerprint density at radius 3 is 1.58 bits per heavy atom. The Bertz CT molecular complexity index is 601. The number of unbranched alkanes of at least 4 members (excludes halogenated alkanes) is 4. The third-order valence-corrected chi connectivity index (χ3v) is 5.57. The summed E-state index contributed by atoms with van der Waals surface area (Å²) < 4.78 is 0. The predicted molar refractivity (Wildman–Crippen MR) is 105 cm³/mol. The molecule has 1 heterocycles. The van der Waals surface area contributed by atoms with Crippen LogP contribution in [0, 0.1) is 0 Å². The first-order valence-electron chi connectivity index (χ1n) is 9.78. The second kappa shape index (κ2) is 7.88. The molecule has 1 heteroatoms. The van der Waals surface area contributed by atoms with Crippen LogP contribution < -0.4 is 5.32 Å². The van der Waals surface area contributed by atoms with Crippen molar-refractivity contribution in [1.29, 1.82) is 0 Å². The number of anilines is 2. The number of para-hydroxylation sites is 2. The fourth-order valence-corrected chi connectivity index (χ4v) is 4.33. The molecular weight excluding hydrogens is 290 g/mol. The summed E-state index contributed by atoms with van der Waals surface area (Å²) in [5.41, 5.74) is 5.82. The van der Waals surface area contributed by atoms with E-state index in [0.29, 0.717) is 0 Å². The van der Waals surface area contributed by atoms with E-state index in [1.807, 2.05) is 0 Å². The molecule has 0 fully saturated rings. The Morgan fingerprint density at radius 1 is 0.667 bits per heavy atom. The Hall–Kier alpha value is -1.76. The molecule has 0 radical (unpaired) electrons. The highest BCUT2D eigenvalue weighted by Crippen LogP contribution is 2.51. The molecule has 0 unspecified atom stereocenters. The molecule has 0 bridgehead atoms. The molecule has 0 saturated carbocycles. The molecule has 2 aromatic rings. The molecular formula is C23H31N. The smallest absolute Gasteiger partial charge is 0.0426 e. The van der Waals surface area contributed by atoms with Crippen LogP contribution in [0.2, 0.25) is 0 Å². The summed E-state index contributed by atoms with van der Waals surface area (Å²) in [7, 11) is 0. The maximum atomic E-state index is 3.68. The van der Waals surface area contributed by atoms with Gasteiger partial charge in [0.2, 0.25) is 0 Å². The van der Waals surface area contributed by atoms with Crippen LogP contribution in [0.3, 0.4) is 0 Å². The van der Waals surface area contributed by atoms with Crippen molar-refractivity contribution >= 4 is 11.4 Å². The van der Waals surface area contributed by atoms with Crippen molar-refractivity contribution in [2.45, 2.75) is 70.6 Å². The van der Waals surface area contributed by atoms with Crippen molar-refractivity contribution in [3.63, 3.8) is 0 Å². The third kappa shape index (κ3) is 3.22. The second-order valence-electron chi connectivity index (χ2n) is 7.21. The summed E-state index contributed by atoms with van der Waals surface area (Å²) in [6.07, 6.45) is 10.4. The average molecular weight is 322 g/mol. The molecule has 3 rings (SSSR count). The van der Waals surface area contributed by atoms with Crippen molar-refractivity contribution < 1.29 is 0 Å². The lowest BCUT2D eigenvalue weighted by Crippen LogP contribution is -2.32. The van der Waals surface area contributed by atoms with E-state index in [1.54, 1.807) is 0 Å². The monoisotopic (exact) mass is 321 g/mol. The fraction of sp³-hybridized carbons (Fsp3) is 0.478. The fourth-order valence-electron chi connectivity index (χ4n) is 4.33. The largest absolute Gasteiger partial charge is 0.355 e. The van der Waals surface area contributed by atoms with Gasteiger partial charge in [0.25, 0.3) is 0 Å². The quantitative estimate of drug-likeness (QED) is 0.507. The predicted octanol–water partition coefficient (Wildman–Crippen LogP) is 7.19. The molecule has 1 nitrogen and oxygen atoms in total. The van der Waals surface area contributed by atoms with E-state index < -0.39 is 0 Å². The lowest BCUT2D eigenvalue weighted by Gasteiger charge is -2.42. The van der Waals surface area contributed by atoms with Gasteiger partial charge >= 0.3 is 0 Å². The molecule has 128 valence electrons. The topological polar surface area (TPSA) is 12.0 Å². The lowest BCUT2D eigenvalue weighted by atomic mass is 9.65. The molecule has 24 heavy (non-hydrogen) atoms. The van der Waals surface area contributed by atoms with Gasteiger partial charge in [-0.15, -0.1) is 0 Å². The normalized spacial score (nSPS) is 14.6. The van der Waals surface area contributed by atoms with Gasteiger partial charge in [-0.05, 0) is 36.1 Å². The van der Waals surface area contributed by atoms with Crippen LogP contribution >= 0.6 is 0 Å². The van der Waals surface area contributed by atoms with E-state index >= 15 is 0 Å². The van der Waals surface area contributed by atoms with E-state index in [2.05, 4.69) is 67.7 Å². The molecule has 0 amide bonds. The van der Waals surface area contributed by atoms with Gasteiger partial charge in [0.1, 0.15) is 0 Å². The van der Waals surface area contributed by atoms with E-state index in [1.165, 1.54) is 73.9 Å². The number of benzene rings is 2. The Kier molecular flexibility index (Phi) is 5.60.